The Kier molecular flexibility index (Phi) is 6.98. The molecule has 25 heavy (non-hydrogen) atoms. The van der Waals surface area contributed by atoms with Crippen molar-refractivity contribution in [1.82, 2.24) is 0 Å². The predicted octanol–water partition coefficient (Wildman–Crippen LogP) is 3.01. The van der Waals surface area contributed by atoms with Crippen LogP contribution in [0.15, 0.2) is 12.7 Å². The van der Waals surface area contributed by atoms with Crippen LogP contribution in [0.1, 0.15) is 60.3 Å². The highest BCUT2D eigenvalue weighted by molar-refractivity contribution is 7.87. The van der Waals surface area contributed by atoms with Gasteiger partial charge in [0.1, 0.15) is 16.8 Å². The number of esters is 1. The highest BCUT2D eigenvalue weighted by Crippen LogP contribution is 2.31. The zero-order chi connectivity index (χ0) is 19.5. The van der Waals surface area contributed by atoms with Crippen LogP contribution in [0.25, 0.3) is 0 Å². The highest BCUT2D eigenvalue weighted by Gasteiger charge is 2.44. The molecule has 7 heteroatoms. The van der Waals surface area contributed by atoms with Gasteiger partial charge in [0.05, 0.1) is 11.9 Å². The number of carbonyl (C=O) groups excluding carboxylic acids is 2. The standard InChI is InChI=1S/C18H30O6S/c1-7-14-8-10-15(11-9-14)25(21,22)23-12-18(6,13(2)19)16(20)24-17(3,4)5/h7,14-15H,1,8-12H2,2-6H3. The normalized spacial score (nSPS) is 24.2. The molecule has 0 bridgehead atoms. The maximum absolute atomic E-state index is 12.4. The molecule has 0 saturated heterocycles. The Labute approximate surface area is 151 Å². The molecule has 0 N–H and O–H groups in total. The van der Waals surface area contributed by atoms with Gasteiger partial charge in [-0.1, -0.05) is 6.08 Å². The summed E-state index contributed by atoms with van der Waals surface area (Å²) in [6, 6.07) is 0. The van der Waals surface area contributed by atoms with E-state index >= 15 is 0 Å². The van der Waals surface area contributed by atoms with Gasteiger partial charge in [-0.2, -0.15) is 8.42 Å². The quantitative estimate of drug-likeness (QED) is 0.295. The molecule has 1 rings (SSSR count). The summed E-state index contributed by atoms with van der Waals surface area (Å²) in [6.07, 6.45) is 4.31. The average molecular weight is 374 g/mol. The molecular formula is C18H30O6S. The molecule has 1 aliphatic carbocycles. The molecule has 1 unspecified atom stereocenters. The molecule has 0 aromatic rings. The van der Waals surface area contributed by atoms with Crippen LogP contribution in [-0.4, -0.2) is 37.6 Å². The summed E-state index contributed by atoms with van der Waals surface area (Å²) in [4.78, 5) is 24.3. The fraction of sp³-hybridized carbons (Fsp3) is 0.778. The van der Waals surface area contributed by atoms with Crippen LogP contribution < -0.4 is 0 Å². The molecule has 0 heterocycles. The third-order valence-corrected chi connectivity index (χ3v) is 6.33. The molecule has 0 aromatic heterocycles. The van der Waals surface area contributed by atoms with Crippen LogP contribution in [0.4, 0.5) is 0 Å². The monoisotopic (exact) mass is 374 g/mol. The number of rotatable bonds is 7. The van der Waals surface area contributed by atoms with Crippen molar-refractivity contribution >= 4 is 21.9 Å². The number of hydrogen-bond donors (Lipinski definition) is 0. The first-order valence-electron chi connectivity index (χ1n) is 8.57. The van der Waals surface area contributed by atoms with Crippen molar-refractivity contribution in [3.8, 4) is 0 Å². The second-order valence-corrected chi connectivity index (χ2v) is 9.81. The summed E-state index contributed by atoms with van der Waals surface area (Å²) < 4.78 is 35.3. The minimum Gasteiger partial charge on any atom is -0.459 e. The van der Waals surface area contributed by atoms with Gasteiger partial charge in [-0.05, 0) is 66.2 Å². The fourth-order valence-corrected chi connectivity index (χ4v) is 4.05. The maximum Gasteiger partial charge on any atom is 0.322 e. The Hall–Kier alpha value is -1.21. The van der Waals surface area contributed by atoms with Crippen LogP contribution in [-0.2, 0) is 28.6 Å². The van der Waals surface area contributed by atoms with Crippen molar-refractivity contribution in [3.05, 3.63) is 12.7 Å². The van der Waals surface area contributed by atoms with Crippen molar-refractivity contribution in [2.45, 2.75) is 71.2 Å². The van der Waals surface area contributed by atoms with Crippen LogP contribution in [0.3, 0.4) is 0 Å². The third kappa shape index (κ3) is 5.92. The number of carbonyl (C=O) groups is 2. The molecule has 1 aliphatic rings. The number of allylic oxidation sites excluding steroid dienone is 1. The molecule has 144 valence electrons. The van der Waals surface area contributed by atoms with E-state index in [1.165, 1.54) is 13.8 Å². The lowest BCUT2D eigenvalue weighted by molar-refractivity contribution is -0.170. The topological polar surface area (TPSA) is 86.7 Å². The second-order valence-electron chi connectivity index (χ2n) is 7.92. The molecule has 0 aromatic carbocycles. The van der Waals surface area contributed by atoms with Crippen LogP contribution in [0.2, 0.25) is 0 Å². The first kappa shape index (κ1) is 21.8. The van der Waals surface area contributed by atoms with Gasteiger partial charge in [0.2, 0.25) is 0 Å². The lowest BCUT2D eigenvalue weighted by Gasteiger charge is -2.30. The number of ketones is 1. The Morgan fingerprint density at radius 2 is 1.64 bits per heavy atom. The first-order valence-corrected chi connectivity index (χ1v) is 10.0. The van der Waals surface area contributed by atoms with Gasteiger partial charge in [-0.25, -0.2) is 0 Å². The van der Waals surface area contributed by atoms with E-state index < -0.39 is 44.7 Å². The largest absolute Gasteiger partial charge is 0.459 e. The summed E-state index contributed by atoms with van der Waals surface area (Å²) >= 11 is 0. The second kappa shape index (κ2) is 7.99. The predicted molar refractivity (Wildman–Crippen MR) is 95.4 cm³/mol. The minimum absolute atomic E-state index is 0.329. The van der Waals surface area contributed by atoms with Crippen LogP contribution in [0.5, 0.6) is 0 Å². The molecular weight excluding hydrogens is 344 g/mol. The molecule has 1 atom stereocenters. The van der Waals surface area contributed by atoms with E-state index in [-0.39, 0.29) is 0 Å². The smallest absolute Gasteiger partial charge is 0.322 e. The van der Waals surface area contributed by atoms with Crippen molar-refractivity contribution < 1.29 is 26.9 Å². The van der Waals surface area contributed by atoms with Gasteiger partial charge in [0.15, 0.2) is 0 Å². The Balaban J connectivity index is 2.81. The summed E-state index contributed by atoms with van der Waals surface area (Å²) in [7, 11) is -3.85. The average Bonchev–Trinajstić information content (AvgIpc) is 2.50. The van der Waals surface area contributed by atoms with Crippen molar-refractivity contribution in [2.75, 3.05) is 6.61 Å². The van der Waals surface area contributed by atoms with E-state index in [0.29, 0.717) is 18.8 Å². The van der Waals surface area contributed by atoms with Gasteiger partial charge in [0, 0.05) is 0 Å². The molecule has 0 spiro atoms. The number of Topliss-reactive ketones (excluding diaryl/α,β-unsaturated/α-hetero) is 1. The van der Waals surface area contributed by atoms with E-state index in [4.69, 9.17) is 8.92 Å². The van der Waals surface area contributed by atoms with Crippen molar-refractivity contribution in [1.29, 1.82) is 0 Å². The Morgan fingerprint density at radius 1 is 1.12 bits per heavy atom. The van der Waals surface area contributed by atoms with Gasteiger partial charge in [-0.15, -0.1) is 6.58 Å². The van der Waals surface area contributed by atoms with E-state index in [0.717, 1.165) is 12.8 Å². The SMILES string of the molecule is C=CC1CCC(S(=O)(=O)OCC(C)(C(C)=O)C(=O)OC(C)(C)C)CC1. The van der Waals surface area contributed by atoms with Gasteiger partial charge in [0.25, 0.3) is 10.1 Å². The molecule has 0 radical (unpaired) electrons. The molecule has 6 nitrogen and oxygen atoms in total. The zero-order valence-corrected chi connectivity index (χ0v) is 16.6. The zero-order valence-electron chi connectivity index (χ0n) is 15.8. The minimum atomic E-state index is -3.85. The number of hydrogen-bond acceptors (Lipinski definition) is 6. The summed E-state index contributed by atoms with van der Waals surface area (Å²) in [5, 5.41) is -0.612. The molecule has 1 saturated carbocycles. The summed E-state index contributed by atoms with van der Waals surface area (Å²) in [5.74, 6) is -0.943. The first-order chi connectivity index (χ1) is 11.3. The number of ether oxygens (including phenoxy) is 1. The summed E-state index contributed by atoms with van der Waals surface area (Å²) in [5.41, 5.74) is -2.44. The van der Waals surface area contributed by atoms with Crippen LogP contribution in [0, 0.1) is 11.3 Å². The van der Waals surface area contributed by atoms with Gasteiger partial charge in [-0.3, -0.25) is 13.8 Å². The van der Waals surface area contributed by atoms with Gasteiger partial charge >= 0.3 is 5.97 Å². The molecule has 0 amide bonds. The van der Waals surface area contributed by atoms with Gasteiger partial charge < -0.3 is 4.74 Å². The van der Waals surface area contributed by atoms with E-state index in [1.54, 1.807) is 20.8 Å². The van der Waals surface area contributed by atoms with Crippen LogP contribution >= 0.6 is 0 Å². The fourth-order valence-electron chi connectivity index (χ4n) is 2.60. The third-order valence-electron chi connectivity index (χ3n) is 4.60. The molecule has 1 fully saturated rings. The van der Waals surface area contributed by atoms with E-state index in [9.17, 15) is 18.0 Å². The Bertz CT molecular complexity index is 608. The summed E-state index contributed by atoms with van der Waals surface area (Å²) in [6.45, 7) is 10.8. The Morgan fingerprint density at radius 3 is 2.04 bits per heavy atom. The maximum atomic E-state index is 12.4. The lowest BCUT2D eigenvalue weighted by atomic mass is 9.87. The highest BCUT2D eigenvalue weighted by atomic mass is 32.2. The molecule has 0 aliphatic heterocycles. The lowest BCUT2D eigenvalue weighted by Crippen LogP contribution is -2.45. The van der Waals surface area contributed by atoms with Crippen molar-refractivity contribution in [3.63, 3.8) is 0 Å². The van der Waals surface area contributed by atoms with E-state index in [1.807, 2.05) is 6.08 Å². The van der Waals surface area contributed by atoms with Crippen molar-refractivity contribution in [2.24, 2.45) is 11.3 Å². The van der Waals surface area contributed by atoms with E-state index in [2.05, 4.69) is 6.58 Å².